The Morgan fingerprint density at radius 1 is 1.16 bits per heavy atom. The highest BCUT2D eigenvalue weighted by molar-refractivity contribution is 5.95. The molecule has 1 aromatic carbocycles. The first-order valence-corrected chi connectivity index (χ1v) is 11.2. The summed E-state index contributed by atoms with van der Waals surface area (Å²) in [4.78, 5) is 30.5. The number of carbonyl (C=O) groups is 2. The van der Waals surface area contributed by atoms with Gasteiger partial charge in [0.25, 0.3) is 0 Å². The van der Waals surface area contributed by atoms with Crippen molar-refractivity contribution in [2.45, 2.75) is 58.4 Å². The first kappa shape index (κ1) is 24.3. The maximum Gasteiger partial charge on any atom is 0.410 e. The van der Waals surface area contributed by atoms with Gasteiger partial charge in [0.2, 0.25) is 5.91 Å². The molecule has 0 spiro atoms. The molecule has 2 atom stereocenters. The van der Waals surface area contributed by atoms with Crippen LogP contribution in [0, 0.1) is 5.82 Å². The van der Waals surface area contributed by atoms with Crippen molar-refractivity contribution in [1.82, 2.24) is 9.80 Å². The number of anilines is 2. The number of nitrogens with one attached hydrogen (secondary N) is 1. The summed E-state index contributed by atoms with van der Waals surface area (Å²) in [7, 11) is 1.62. The van der Waals surface area contributed by atoms with E-state index in [1.807, 2.05) is 37.5 Å². The minimum atomic E-state index is -0.544. The van der Waals surface area contributed by atoms with Crippen LogP contribution in [0.15, 0.2) is 18.2 Å². The van der Waals surface area contributed by atoms with Crippen LogP contribution in [0.1, 0.15) is 40.5 Å². The lowest BCUT2D eigenvalue weighted by molar-refractivity contribution is -0.124. The Labute approximate surface area is 189 Å². The van der Waals surface area contributed by atoms with Crippen molar-refractivity contribution in [3.63, 3.8) is 0 Å². The van der Waals surface area contributed by atoms with E-state index in [1.165, 1.54) is 6.07 Å². The van der Waals surface area contributed by atoms with Gasteiger partial charge in [-0.2, -0.15) is 0 Å². The molecule has 2 unspecified atom stereocenters. The van der Waals surface area contributed by atoms with Crippen molar-refractivity contribution >= 4 is 23.4 Å². The maximum atomic E-state index is 14.9. The molecule has 0 bridgehead atoms. The number of piperazine rings is 1. The minimum absolute atomic E-state index is 0.147. The SMILES string of the molecule is COC(C)N1CCCC1C(=O)Nc1ccc(N2CCN(C(=O)OC(C)(C)C)CC2)c(F)c1. The fourth-order valence-corrected chi connectivity index (χ4v) is 4.16. The second kappa shape index (κ2) is 10.0. The molecule has 2 aliphatic heterocycles. The zero-order chi connectivity index (χ0) is 23.5. The minimum Gasteiger partial charge on any atom is -0.444 e. The monoisotopic (exact) mass is 450 g/mol. The van der Waals surface area contributed by atoms with Crippen molar-refractivity contribution in [1.29, 1.82) is 0 Å². The molecule has 2 saturated heterocycles. The number of nitrogens with zero attached hydrogens (tertiary/aromatic N) is 3. The second-order valence-corrected chi connectivity index (χ2v) is 9.34. The van der Waals surface area contributed by atoms with Crippen LogP contribution < -0.4 is 10.2 Å². The lowest BCUT2D eigenvalue weighted by atomic mass is 10.2. The van der Waals surface area contributed by atoms with E-state index in [9.17, 15) is 14.0 Å². The number of hydrogen-bond acceptors (Lipinski definition) is 6. The smallest absolute Gasteiger partial charge is 0.410 e. The average molecular weight is 451 g/mol. The van der Waals surface area contributed by atoms with Crippen molar-refractivity contribution in [3.8, 4) is 0 Å². The van der Waals surface area contributed by atoms with Gasteiger partial charge in [-0.25, -0.2) is 9.18 Å². The van der Waals surface area contributed by atoms with Crippen LogP contribution in [-0.2, 0) is 14.3 Å². The van der Waals surface area contributed by atoms with Crippen LogP contribution in [0.3, 0.4) is 0 Å². The zero-order valence-corrected chi connectivity index (χ0v) is 19.7. The third kappa shape index (κ3) is 5.89. The first-order valence-electron chi connectivity index (χ1n) is 11.2. The van der Waals surface area contributed by atoms with Crippen LogP contribution in [-0.4, -0.2) is 79.5 Å². The molecule has 2 aliphatic rings. The average Bonchev–Trinajstić information content (AvgIpc) is 3.22. The molecule has 1 aromatic rings. The summed E-state index contributed by atoms with van der Waals surface area (Å²) in [6, 6.07) is 4.47. The molecule has 178 valence electrons. The van der Waals surface area contributed by atoms with E-state index in [-0.39, 0.29) is 24.3 Å². The van der Waals surface area contributed by atoms with Gasteiger partial charge in [0.15, 0.2) is 0 Å². The van der Waals surface area contributed by atoms with Gasteiger partial charge in [0, 0.05) is 45.5 Å². The maximum absolute atomic E-state index is 14.9. The van der Waals surface area contributed by atoms with E-state index >= 15 is 0 Å². The Bertz CT molecular complexity index is 821. The largest absolute Gasteiger partial charge is 0.444 e. The van der Waals surface area contributed by atoms with Gasteiger partial charge >= 0.3 is 6.09 Å². The zero-order valence-electron chi connectivity index (χ0n) is 19.7. The highest BCUT2D eigenvalue weighted by Crippen LogP contribution is 2.26. The Morgan fingerprint density at radius 2 is 1.84 bits per heavy atom. The molecule has 1 N–H and O–H groups in total. The quantitative estimate of drug-likeness (QED) is 0.742. The second-order valence-electron chi connectivity index (χ2n) is 9.34. The summed E-state index contributed by atoms with van der Waals surface area (Å²) in [5, 5.41) is 2.84. The van der Waals surface area contributed by atoms with Gasteiger partial charge < -0.3 is 24.6 Å². The Kier molecular flexibility index (Phi) is 7.61. The van der Waals surface area contributed by atoms with Gasteiger partial charge in [-0.3, -0.25) is 9.69 Å². The van der Waals surface area contributed by atoms with Gasteiger partial charge in [0.1, 0.15) is 17.6 Å². The van der Waals surface area contributed by atoms with Gasteiger partial charge in [0.05, 0.1) is 11.7 Å². The predicted molar refractivity (Wildman–Crippen MR) is 121 cm³/mol. The molecule has 8 nitrogen and oxygen atoms in total. The number of halogens is 1. The van der Waals surface area contributed by atoms with Crippen LogP contribution in [0.4, 0.5) is 20.6 Å². The summed E-state index contributed by atoms with van der Waals surface area (Å²) in [5.41, 5.74) is 0.348. The van der Waals surface area contributed by atoms with E-state index in [2.05, 4.69) is 5.32 Å². The molecular weight excluding hydrogens is 415 g/mol. The van der Waals surface area contributed by atoms with Crippen molar-refractivity contribution in [2.24, 2.45) is 0 Å². The van der Waals surface area contributed by atoms with Crippen LogP contribution >= 0.6 is 0 Å². The third-order valence-corrected chi connectivity index (χ3v) is 5.89. The summed E-state index contributed by atoms with van der Waals surface area (Å²) >= 11 is 0. The molecule has 2 heterocycles. The molecule has 2 fully saturated rings. The topological polar surface area (TPSA) is 74.4 Å². The fourth-order valence-electron chi connectivity index (χ4n) is 4.16. The number of benzene rings is 1. The van der Waals surface area contributed by atoms with Crippen molar-refractivity contribution < 1.29 is 23.5 Å². The predicted octanol–water partition coefficient (Wildman–Crippen LogP) is 3.28. The molecule has 32 heavy (non-hydrogen) atoms. The first-order chi connectivity index (χ1) is 15.1. The Morgan fingerprint density at radius 3 is 2.44 bits per heavy atom. The summed E-state index contributed by atoms with van der Waals surface area (Å²) < 4.78 is 25.6. The number of amides is 2. The van der Waals surface area contributed by atoms with Crippen LogP contribution in [0.25, 0.3) is 0 Å². The number of ether oxygens (including phenoxy) is 2. The summed E-state index contributed by atoms with van der Waals surface area (Å²) in [6.07, 6.45) is 1.18. The van der Waals surface area contributed by atoms with E-state index in [1.54, 1.807) is 24.1 Å². The number of rotatable bonds is 5. The number of likely N-dealkylation sites (tertiary alicyclic amines) is 1. The van der Waals surface area contributed by atoms with Gasteiger partial charge in [-0.05, 0) is 58.7 Å². The number of hydrogen-bond donors (Lipinski definition) is 1. The lowest BCUT2D eigenvalue weighted by Gasteiger charge is -2.36. The summed E-state index contributed by atoms with van der Waals surface area (Å²) in [6.45, 7) is 10.2. The molecule has 0 aliphatic carbocycles. The highest BCUT2D eigenvalue weighted by Gasteiger charge is 2.34. The fraction of sp³-hybridized carbons (Fsp3) is 0.652. The van der Waals surface area contributed by atoms with Gasteiger partial charge in [-0.1, -0.05) is 0 Å². The summed E-state index contributed by atoms with van der Waals surface area (Å²) in [5.74, 6) is -0.549. The van der Waals surface area contributed by atoms with Crippen molar-refractivity contribution in [2.75, 3.05) is 50.1 Å². The third-order valence-electron chi connectivity index (χ3n) is 5.89. The Hall–Kier alpha value is -2.39. The molecule has 0 radical (unpaired) electrons. The van der Waals surface area contributed by atoms with E-state index in [4.69, 9.17) is 9.47 Å². The van der Waals surface area contributed by atoms with Gasteiger partial charge in [-0.15, -0.1) is 0 Å². The van der Waals surface area contributed by atoms with E-state index < -0.39 is 11.4 Å². The van der Waals surface area contributed by atoms with E-state index in [0.717, 1.165) is 19.4 Å². The van der Waals surface area contributed by atoms with Crippen molar-refractivity contribution in [3.05, 3.63) is 24.0 Å². The van der Waals surface area contributed by atoms with Crippen LogP contribution in [0.5, 0.6) is 0 Å². The molecule has 9 heteroatoms. The number of carbonyl (C=O) groups excluding carboxylic acids is 2. The molecule has 0 saturated carbocycles. The molecular formula is C23H35FN4O4. The lowest BCUT2D eigenvalue weighted by Crippen LogP contribution is -2.50. The standard InChI is InChI=1S/C23H35FN4O4/c1-16(31-5)28-10-6-7-20(28)21(29)25-17-8-9-19(18(24)15-17)26-11-13-27(14-12-26)22(30)32-23(2,3)4/h8-9,15-16,20H,6-7,10-14H2,1-5H3,(H,25,29). The molecule has 0 aromatic heterocycles. The number of methoxy groups -OCH3 is 1. The van der Waals surface area contributed by atoms with Crippen LogP contribution in [0.2, 0.25) is 0 Å². The molecule has 3 rings (SSSR count). The Balaban J connectivity index is 1.58. The molecule has 2 amide bonds. The normalized spacial score (nSPS) is 20.9. The van der Waals surface area contributed by atoms with E-state index in [0.29, 0.717) is 37.6 Å². The highest BCUT2D eigenvalue weighted by atomic mass is 19.1.